The van der Waals surface area contributed by atoms with Crippen LogP contribution in [0.25, 0.3) is 0 Å². The van der Waals surface area contributed by atoms with Crippen molar-refractivity contribution in [2.45, 2.75) is 13.0 Å². The van der Waals surface area contributed by atoms with Crippen LogP contribution in [0.5, 0.6) is 0 Å². The smallest absolute Gasteiger partial charge is 0.146 e. The highest BCUT2D eigenvalue weighted by Crippen LogP contribution is 2.24. The second-order valence-corrected chi connectivity index (χ2v) is 4.94. The van der Waals surface area contributed by atoms with Gasteiger partial charge in [-0.05, 0) is 24.6 Å². The van der Waals surface area contributed by atoms with Gasteiger partial charge < -0.3 is 15.1 Å². The quantitative estimate of drug-likeness (QED) is 0.855. The van der Waals surface area contributed by atoms with Gasteiger partial charge in [-0.3, -0.25) is 4.90 Å². The molecule has 1 fully saturated rings. The molecule has 2 N–H and O–H groups in total. The van der Waals surface area contributed by atoms with E-state index in [9.17, 15) is 9.50 Å². The monoisotopic (exact) mass is 268 g/mol. The van der Waals surface area contributed by atoms with Gasteiger partial charge >= 0.3 is 0 Å². The molecule has 0 bridgehead atoms. The first kappa shape index (κ1) is 14.2. The second kappa shape index (κ2) is 6.32. The zero-order valence-corrected chi connectivity index (χ0v) is 11.2. The molecule has 1 atom stereocenters. The normalized spacial score (nSPS) is 18.6. The molecule has 1 saturated heterocycles. The minimum atomic E-state index is -0.648. The third kappa shape index (κ3) is 3.43. The number of nitrogens with zero attached hydrogens (tertiary/aromatic N) is 2. The molecule has 1 aliphatic rings. The minimum absolute atomic E-state index is 0.164. The van der Waals surface area contributed by atoms with Crippen LogP contribution in [0.1, 0.15) is 18.6 Å². The largest absolute Gasteiger partial charge is 0.395 e. The summed E-state index contributed by atoms with van der Waals surface area (Å²) < 4.78 is 14.0. The van der Waals surface area contributed by atoms with E-state index in [1.165, 1.54) is 6.07 Å². The number of hydrogen-bond acceptors (Lipinski definition) is 4. The van der Waals surface area contributed by atoms with Gasteiger partial charge in [-0.15, -0.1) is 0 Å². The van der Waals surface area contributed by atoms with Gasteiger partial charge in [0.15, 0.2) is 0 Å². The van der Waals surface area contributed by atoms with Crippen molar-refractivity contribution in [2.75, 3.05) is 44.2 Å². The van der Waals surface area contributed by atoms with Gasteiger partial charge in [0, 0.05) is 32.7 Å². The molecule has 0 unspecified atom stereocenters. The van der Waals surface area contributed by atoms with E-state index in [2.05, 4.69) is 4.90 Å². The average Bonchev–Trinajstić information content (AvgIpc) is 2.40. The third-order valence-corrected chi connectivity index (χ3v) is 3.58. The number of benzene rings is 1. The average molecular weight is 268 g/mol. The number of anilines is 1. The Morgan fingerprint density at radius 2 is 1.95 bits per heavy atom. The molecule has 2 rings (SSSR count). The summed E-state index contributed by atoms with van der Waals surface area (Å²) >= 11 is 0. The van der Waals surface area contributed by atoms with Gasteiger partial charge in [-0.25, -0.2) is 4.39 Å². The highest BCUT2D eigenvalue weighted by molar-refractivity contribution is 5.50. The molecule has 0 saturated carbocycles. The molecule has 0 amide bonds. The summed E-state index contributed by atoms with van der Waals surface area (Å²) in [6.07, 6.45) is -0.648. The van der Waals surface area contributed by atoms with Crippen LogP contribution in [0, 0.1) is 5.82 Å². The lowest BCUT2D eigenvalue weighted by Crippen LogP contribution is -2.47. The van der Waals surface area contributed by atoms with Crippen LogP contribution in [-0.4, -0.2) is 54.4 Å². The predicted molar refractivity (Wildman–Crippen MR) is 72.8 cm³/mol. The Balaban J connectivity index is 2.03. The van der Waals surface area contributed by atoms with Crippen LogP contribution in [0.2, 0.25) is 0 Å². The predicted octanol–water partition coefficient (Wildman–Crippen LogP) is 0.993. The summed E-state index contributed by atoms with van der Waals surface area (Å²) in [5.41, 5.74) is 1.19. The molecule has 1 aliphatic heterocycles. The molecule has 1 aromatic rings. The van der Waals surface area contributed by atoms with Crippen LogP contribution in [0.4, 0.5) is 10.1 Å². The summed E-state index contributed by atoms with van der Waals surface area (Å²) in [5.74, 6) is -0.283. The topological polar surface area (TPSA) is 46.9 Å². The maximum Gasteiger partial charge on any atom is 0.146 e. The number of halogens is 1. The first-order valence-electron chi connectivity index (χ1n) is 6.67. The fourth-order valence-corrected chi connectivity index (χ4v) is 2.39. The van der Waals surface area contributed by atoms with Gasteiger partial charge in [0.2, 0.25) is 0 Å². The third-order valence-electron chi connectivity index (χ3n) is 3.58. The standard InChI is InChI=1S/C14H21FN2O2/c1-11(19)12-2-3-14(13(15)10-12)17-6-4-16(5-7-17)8-9-18/h2-3,10-11,18-19H,4-9H2,1H3/t11-/m0/s1. The van der Waals surface area contributed by atoms with Gasteiger partial charge in [0.1, 0.15) is 5.82 Å². The molecule has 0 aliphatic carbocycles. The molecule has 0 radical (unpaired) electrons. The van der Waals surface area contributed by atoms with E-state index in [-0.39, 0.29) is 12.4 Å². The van der Waals surface area contributed by atoms with Gasteiger partial charge in [0.25, 0.3) is 0 Å². The Bertz CT molecular complexity index is 418. The number of rotatable bonds is 4. The van der Waals surface area contributed by atoms with E-state index in [0.717, 1.165) is 26.2 Å². The van der Waals surface area contributed by atoms with E-state index in [4.69, 9.17) is 5.11 Å². The first-order chi connectivity index (χ1) is 9.11. The SMILES string of the molecule is C[C@H](O)c1ccc(N2CCN(CCO)CC2)c(F)c1. The summed E-state index contributed by atoms with van der Waals surface area (Å²) in [6, 6.07) is 4.91. The van der Waals surface area contributed by atoms with Crippen molar-refractivity contribution in [3.05, 3.63) is 29.6 Å². The van der Waals surface area contributed by atoms with E-state index in [1.807, 2.05) is 4.90 Å². The molecule has 0 aromatic heterocycles. The van der Waals surface area contributed by atoms with E-state index < -0.39 is 6.10 Å². The van der Waals surface area contributed by atoms with Crippen molar-refractivity contribution in [3.8, 4) is 0 Å². The molecule has 106 valence electrons. The van der Waals surface area contributed by atoms with Crippen molar-refractivity contribution in [1.82, 2.24) is 4.90 Å². The Hall–Kier alpha value is -1.17. The van der Waals surface area contributed by atoms with Crippen LogP contribution >= 0.6 is 0 Å². The summed E-state index contributed by atoms with van der Waals surface area (Å²) in [6.45, 7) is 5.64. The number of piperazine rings is 1. The van der Waals surface area contributed by atoms with Crippen molar-refractivity contribution in [1.29, 1.82) is 0 Å². The number of aliphatic hydroxyl groups excluding tert-OH is 2. The number of aliphatic hydroxyl groups is 2. The lowest BCUT2D eigenvalue weighted by Gasteiger charge is -2.36. The lowest BCUT2D eigenvalue weighted by atomic mass is 10.1. The second-order valence-electron chi connectivity index (χ2n) is 4.94. The summed E-state index contributed by atoms with van der Waals surface area (Å²) in [5, 5.41) is 18.3. The fraction of sp³-hybridized carbons (Fsp3) is 0.571. The summed E-state index contributed by atoms with van der Waals surface area (Å²) in [7, 11) is 0. The van der Waals surface area contributed by atoms with Crippen LogP contribution < -0.4 is 4.90 Å². The molecule has 0 spiro atoms. The zero-order valence-electron chi connectivity index (χ0n) is 11.2. The van der Waals surface area contributed by atoms with Crippen molar-refractivity contribution >= 4 is 5.69 Å². The van der Waals surface area contributed by atoms with E-state index in [0.29, 0.717) is 17.8 Å². The Labute approximate surface area is 113 Å². The molecular weight excluding hydrogens is 247 g/mol. The minimum Gasteiger partial charge on any atom is -0.395 e. The number of β-amino-alcohol motifs (C(OH)–C–C–N with tert-alkyl or cyclic N) is 1. The lowest BCUT2D eigenvalue weighted by molar-refractivity contribution is 0.188. The molecular formula is C14H21FN2O2. The fourth-order valence-electron chi connectivity index (χ4n) is 2.39. The van der Waals surface area contributed by atoms with Gasteiger partial charge in [-0.1, -0.05) is 6.07 Å². The summed E-state index contributed by atoms with van der Waals surface area (Å²) in [4.78, 5) is 4.17. The van der Waals surface area contributed by atoms with Crippen LogP contribution in [0.3, 0.4) is 0 Å². The highest BCUT2D eigenvalue weighted by Gasteiger charge is 2.19. The maximum atomic E-state index is 14.0. The number of hydrogen-bond donors (Lipinski definition) is 2. The molecule has 1 aromatic carbocycles. The van der Waals surface area contributed by atoms with Crippen LogP contribution in [0.15, 0.2) is 18.2 Å². The van der Waals surface area contributed by atoms with Gasteiger partial charge in [-0.2, -0.15) is 0 Å². The highest BCUT2D eigenvalue weighted by atomic mass is 19.1. The van der Waals surface area contributed by atoms with Crippen molar-refractivity contribution in [3.63, 3.8) is 0 Å². The Morgan fingerprint density at radius 3 is 2.47 bits per heavy atom. The molecule has 5 heteroatoms. The first-order valence-corrected chi connectivity index (χ1v) is 6.67. The van der Waals surface area contributed by atoms with Crippen molar-refractivity contribution < 1.29 is 14.6 Å². The van der Waals surface area contributed by atoms with Gasteiger partial charge in [0.05, 0.1) is 18.4 Å². The van der Waals surface area contributed by atoms with Crippen LogP contribution in [-0.2, 0) is 0 Å². The maximum absolute atomic E-state index is 14.0. The Kier molecular flexibility index (Phi) is 4.74. The van der Waals surface area contributed by atoms with E-state index >= 15 is 0 Å². The van der Waals surface area contributed by atoms with E-state index in [1.54, 1.807) is 19.1 Å². The molecule has 4 nitrogen and oxygen atoms in total. The molecule has 19 heavy (non-hydrogen) atoms. The molecule has 1 heterocycles. The van der Waals surface area contributed by atoms with Crippen molar-refractivity contribution in [2.24, 2.45) is 0 Å². The Morgan fingerprint density at radius 1 is 1.26 bits per heavy atom. The zero-order chi connectivity index (χ0) is 13.8.